The van der Waals surface area contributed by atoms with Gasteiger partial charge in [-0.05, 0) is 36.4 Å². The molecular formula is C19H21N3O4. The van der Waals surface area contributed by atoms with Crippen molar-refractivity contribution in [2.45, 2.75) is 0 Å². The molecule has 0 unspecified atom stereocenters. The van der Waals surface area contributed by atoms with Gasteiger partial charge in [-0.1, -0.05) is 6.07 Å². The fourth-order valence-electron chi connectivity index (χ4n) is 2.76. The summed E-state index contributed by atoms with van der Waals surface area (Å²) < 4.78 is 10.6. The van der Waals surface area contributed by atoms with Gasteiger partial charge in [-0.3, -0.25) is 9.59 Å². The largest absolute Gasteiger partial charge is 0.495 e. The lowest BCUT2D eigenvalue weighted by atomic mass is 10.1. The van der Waals surface area contributed by atoms with E-state index in [0.29, 0.717) is 54.6 Å². The average Bonchev–Trinajstić information content (AvgIpc) is 2.68. The third-order valence-corrected chi connectivity index (χ3v) is 4.14. The summed E-state index contributed by atoms with van der Waals surface area (Å²) in [7, 11) is 1.51. The van der Waals surface area contributed by atoms with Crippen LogP contribution in [0.2, 0.25) is 0 Å². The van der Waals surface area contributed by atoms with Crippen LogP contribution in [-0.4, -0.2) is 50.1 Å². The quantitative estimate of drug-likeness (QED) is 0.818. The number of nitrogens with two attached hydrogens (primary N) is 1. The molecule has 7 nitrogen and oxygen atoms in total. The minimum absolute atomic E-state index is 0.101. The van der Waals surface area contributed by atoms with Gasteiger partial charge in [-0.15, -0.1) is 0 Å². The van der Waals surface area contributed by atoms with Crippen LogP contribution in [-0.2, 0) is 4.74 Å². The molecule has 0 bridgehead atoms. The van der Waals surface area contributed by atoms with E-state index in [1.54, 1.807) is 47.4 Å². The fourth-order valence-corrected chi connectivity index (χ4v) is 2.76. The number of nitrogen functional groups attached to an aromatic ring is 1. The summed E-state index contributed by atoms with van der Waals surface area (Å²) in [5.41, 5.74) is 7.57. The Morgan fingerprint density at radius 2 is 1.88 bits per heavy atom. The number of morpholine rings is 1. The second-order valence-corrected chi connectivity index (χ2v) is 5.90. The predicted octanol–water partition coefficient (Wildman–Crippen LogP) is 2.00. The molecule has 1 aliphatic heterocycles. The number of amides is 2. The minimum Gasteiger partial charge on any atom is -0.495 e. The van der Waals surface area contributed by atoms with Crippen LogP contribution in [0.15, 0.2) is 42.5 Å². The second-order valence-electron chi connectivity index (χ2n) is 5.90. The molecule has 2 aromatic carbocycles. The highest BCUT2D eigenvalue weighted by molar-refractivity contribution is 6.06. The molecule has 0 saturated carbocycles. The predicted molar refractivity (Wildman–Crippen MR) is 98.5 cm³/mol. The van der Waals surface area contributed by atoms with E-state index >= 15 is 0 Å². The van der Waals surface area contributed by atoms with Gasteiger partial charge in [0.1, 0.15) is 5.75 Å². The van der Waals surface area contributed by atoms with Gasteiger partial charge < -0.3 is 25.4 Å². The summed E-state index contributed by atoms with van der Waals surface area (Å²) in [5.74, 6) is 0.0442. The summed E-state index contributed by atoms with van der Waals surface area (Å²) in [6, 6.07) is 11.7. The van der Waals surface area contributed by atoms with Crippen molar-refractivity contribution in [2.75, 3.05) is 44.5 Å². The van der Waals surface area contributed by atoms with E-state index in [2.05, 4.69) is 5.32 Å². The molecule has 26 heavy (non-hydrogen) atoms. The number of carbonyl (C=O) groups is 2. The summed E-state index contributed by atoms with van der Waals surface area (Å²) in [6.45, 7) is 2.16. The number of anilines is 2. The maximum absolute atomic E-state index is 12.7. The fraction of sp³-hybridized carbons (Fsp3) is 0.263. The van der Waals surface area contributed by atoms with Crippen LogP contribution in [0.5, 0.6) is 5.75 Å². The minimum atomic E-state index is -0.327. The van der Waals surface area contributed by atoms with E-state index in [9.17, 15) is 9.59 Å². The number of hydrogen-bond acceptors (Lipinski definition) is 5. The Balaban J connectivity index is 1.83. The molecule has 2 aromatic rings. The number of ether oxygens (including phenoxy) is 2. The van der Waals surface area contributed by atoms with E-state index in [0.717, 1.165) is 0 Å². The number of methoxy groups -OCH3 is 1. The molecule has 136 valence electrons. The van der Waals surface area contributed by atoms with Gasteiger partial charge in [0, 0.05) is 29.9 Å². The topological polar surface area (TPSA) is 93.9 Å². The Labute approximate surface area is 151 Å². The van der Waals surface area contributed by atoms with Crippen LogP contribution in [0.25, 0.3) is 0 Å². The molecule has 1 saturated heterocycles. The van der Waals surface area contributed by atoms with Crippen molar-refractivity contribution in [2.24, 2.45) is 0 Å². The molecule has 2 amide bonds. The molecule has 0 atom stereocenters. The molecule has 0 aromatic heterocycles. The molecule has 3 N–H and O–H groups in total. The molecule has 1 fully saturated rings. The first-order chi connectivity index (χ1) is 12.6. The van der Waals surface area contributed by atoms with Gasteiger partial charge in [0.2, 0.25) is 0 Å². The smallest absolute Gasteiger partial charge is 0.255 e. The lowest BCUT2D eigenvalue weighted by Crippen LogP contribution is -2.40. The maximum atomic E-state index is 12.7. The summed E-state index contributed by atoms with van der Waals surface area (Å²) in [5, 5.41) is 2.79. The second kappa shape index (κ2) is 7.88. The van der Waals surface area contributed by atoms with Crippen molar-refractivity contribution in [3.05, 3.63) is 53.6 Å². The summed E-state index contributed by atoms with van der Waals surface area (Å²) in [4.78, 5) is 26.9. The molecule has 3 rings (SSSR count). The SMILES string of the molecule is COc1ccc(C(=O)N2CCOCC2)cc1NC(=O)c1cccc(N)c1. The zero-order valence-electron chi connectivity index (χ0n) is 14.5. The number of benzene rings is 2. The van der Waals surface area contributed by atoms with Crippen LogP contribution in [0.4, 0.5) is 11.4 Å². The third kappa shape index (κ3) is 3.94. The van der Waals surface area contributed by atoms with Crippen LogP contribution in [0.3, 0.4) is 0 Å². The van der Waals surface area contributed by atoms with Gasteiger partial charge in [-0.25, -0.2) is 0 Å². The van der Waals surface area contributed by atoms with Gasteiger partial charge in [0.25, 0.3) is 11.8 Å². The molecule has 0 aliphatic carbocycles. The first kappa shape index (κ1) is 17.8. The Hall–Kier alpha value is -3.06. The normalized spacial score (nSPS) is 14.0. The van der Waals surface area contributed by atoms with Crippen LogP contribution >= 0.6 is 0 Å². The Kier molecular flexibility index (Phi) is 5.38. The first-order valence-electron chi connectivity index (χ1n) is 8.30. The highest BCUT2D eigenvalue weighted by atomic mass is 16.5. The Morgan fingerprint density at radius 3 is 2.58 bits per heavy atom. The highest BCUT2D eigenvalue weighted by Crippen LogP contribution is 2.27. The van der Waals surface area contributed by atoms with E-state index < -0.39 is 0 Å². The van der Waals surface area contributed by atoms with Crippen molar-refractivity contribution in [3.8, 4) is 5.75 Å². The molecule has 1 heterocycles. The highest BCUT2D eigenvalue weighted by Gasteiger charge is 2.20. The van der Waals surface area contributed by atoms with Crippen molar-refractivity contribution in [3.63, 3.8) is 0 Å². The zero-order chi connectivity index (χ0) is 18.5. The number of hydrogen-bond donors (Lipinski definition) is 2. The monoisotopic (exact) mass is 355 g/mol. The number of rotatable bonds is 4. The Morgan fingerprint density at radius 1 is 1.12 bits per heavy atom. The standard InChI is InChI=1S/C19H21N3O4/c1-25-17-6-5-14(19(24)22-7-9-26-10-8-22)12-16(17)21-18(23)13-3-2-4-15(20)11-13/h2-6,11-12H,7-10,20H2,1H3,(H,21,23). The van der Waals surface area contributed by atoms with E-state index in [-0.39, 0.29) is 11.8 Å². The third-order valence-electron chi connectivity index (χ3n) is 4.14. The first-order valence-corrected chi connectivity index (χ1v) is 8.30. The summed E-state index contributed by atoms with van der Waals surface area (Å²) in [6.07, 6.45) is 0. The van der Waals surface area contributed by atoms with Crippen LogP contribution in [0, 0.1) is 0 Å². The maximum Gasteiger partial charge on any atom is 0.255 e. The van der Waals surface area contributed by atoms with Gasteiger partial charge in [-0.2, -0.15) is 0 Å². The average molecular weight is 355 g/mol. The zero-order valence-corrected chi connectivity index (χ0v) is 14.5. The van der Waals surface area contributed by atoms with Gasteiger partial charge in [0.15, 0.2) is 0 Å². The van der Waals surface area contributed by atoms with Gasteiger partial charge in [0.05, 0.1) is 26.0 Å². The van der Waals surface area contributed by atoms with Gasteiger partial charge >= 0.3 is 0 Å². The van der Waals surface area contributed by atoms with E-state index in [1.807, 2.05) is 0 Å². The molecular weight excluding hydrogens is 334 g/mol. The molecule has 7 heteroatoms. The van der Waals surface area contributed by atoms with Crippen LogP contribution < -0.4 is 15.8 Å². The Bertz CT molecular complexity index is 816. The molecule has 1 aliphatic rings. The lowest BCUT2D eigenvalue weighted by Gasteiger charge is -2.27. The molecule has 0 spiro atoms. The number of nitrogens with one attached hydrogen (secondary N) is 1. The molecule has 0 radical (unpaired) electrons. The number of carbonyl (C=O) groups excluding carboxylic acids is 2. The lowest BCUT2D eigenvalue weighted by molar-refractivity contribution is 0.0303. The van der Waals surface area contributed by atoms with Crippen molar-refractivity contribution < 1.29 is 19.1 Å². The van der Waals surface area contributed by atoms with E-state index in [1.165, 1.54) is 7.11 Å². The van der Waals surface area contributed by atoms with Crippen molar-refractivity contribution >= 4 is 23.2 Å². The number of nitrogens with zero attached hydrogens (tertiary/aromatic N) is 1. The van der Waals surface area contributed by atoms with Crippen LogP contribution in [0.1, 0.15) is 20.7 Å². The van der Waals surface area contributed by atoms with Crippen molar-refractivity contribution in [1.82, 2.24) is 4.90 Å². The van der Waals surface area contributed by atoms with E-state index in [4.69, 9.17) is 15.2 Å². The summed E-state index contributed by atoms with van der Waals surface area (Å²) >= 11 is 0. The van der Waals surface area contributed by atoms with Crippen molar-refractivity contribution in [1.29, 1.82) is 0 Å².